The van der Waals surface area contributed by atoms with Crippen LogP contribution in [0.25, 0.3) is 0 Å². The number of ether oxygens (including phenoxy) is 1. The lowest BCUT2D eigenvalue weighted by atomic mass is 9.94. The smallest absolute Gasteiger partial charge is 0.292 e. The number of hydrogen-bond acceptors (Lipinski definition) is 6. The second kappa shape index (κ2) is 8.63. The van der Waals surface area contributed by atoms with Crippen LogP contribution in [0.2, 0.25) is 0 Å². The molecular formula is C22H24N4O5. The Morgan fingerprint density at radius 1 is 1.26 bits per heavy atom. The summed E-state index contributed by atoms with van der Waals surface area (Å²) in [4.78, 5) is 37.2. The van der Waals surface area contributed by atoms with Gasteiger partial charge in [0.1, 0.15) is 11.4 Å². The van der Waals surface area contributed by atoms with Gasteiger partial charge in [0.25, 0.3) is 11.6 Å². The molecule has 2 aliphatic rings. The number of fused-ring (bicyclic) bond motifs is 1. The highest BCUT2D eigenvalue weighted by molar-refractivity contribution is 5.95. The Balaban J connectivity index is 1.36. The minimum atomic E-state index is -0.373. The van der Waals surface area contributed by atoms with Crippen molar-refractivity contribution in [3.63, 3.8) is 0 Å². The molecule has 9 nitrogen and oxygen atoms in total. The zero-order chi connectivity index (χ0) is 22.0. The Hall–Kier alpha value is -3.62. The van der Waals surface area contributed by atoms with E-state index in [-0.39, 0.29) is 41.0 Å². The molecule has 0 saturated carbocycles. The summed E-state index contributed by atoms with van der Waals surface area (Å²) in [5.41, 5.74) is 2.16. The molecule has 0 bridgehead atoms. The number of anilines is 2. The number of carbonyl (C=O) groups excluding carboxylic acids is 2. The predicted molar refractivity (Wildman–Crippen MR) is 115 cm³/mol. The number of hydrogen-bond donors (Lipinski definition) is 2. The number of nitrogens with zero attached hydrogens (tertiary/aromatic N) is 2. The van der Waals surface area contributed by atoms with Crippen LogP contribution in [0, 0.1) is 16.0 Å². The van der Waals surface area contributed by atoms with E-state index in [1.165, 1.54) is 6.07 Å². The maximum Gasteiger partial charge on any atom is 0.292 e. The fourth-order valence-electron chi connectivity index (χ4n) is 4.05. The molecule has 0 aliphatic carbocycles. The maximum absolute atomic E-state index is 12.8. The summed E-state index contributed by atoms with van der Waals surface area (Å²) in [6.45, 7) is 3.07. The average molecular weight is 424 g/mol. The van der Waals surface area contributed by atoms with Crippen molar-refractivity contribution in [1.29, 1.82) is 0 Å². The zero-order valence-corrected chi connectivity index (χ0v) is 17.2. The quantitative estimate of drug-likeness (QED) is 0.563. The maximum atomic E-state index is 12.8. The van der Waals surface area contributed by atoms with E-state index in [0.29, 0.717) is 43.1 Å². The Morgan fingerprint density at radius 3 is 2.74 bits per heavy atom. The Morgan fingerprint density at radius 2 is 2.00 bits per heavy atom. The first-order valence-corrected chi connectivity index (χ1v) is 10.3. The van der Waals surface area contributed by atoms with Crippen LogP contribution in [0.15, 0.2) is 42.5 Å². The highest BCUT2D eigenvalue weighted by Crippen LogP contribution is 2.32. The van der Waals surface area contributed by atoms with Crippen LogP contribution < -0.4 is 20.3 Å². The number of nitro benzene ring substituents is 1. The van der Waals surface area contributed by atoms with Gasteiger partial charge in [-0.05, 0) is 43.5 Å². The molecule has 31 heavy (non-hydrogen) atoms. The fraction of sp³-hybridized carbons (Fsp3) is 0.364. The van der Waals surface area contributed by atoms with Crippen molar-refractivity contribution >= 4 is 28.9 Å². The third-order valence-corrected chi connectivity index (χ3v) is 5.78. The first-order chi connectivity index (χ1) is 14.9. The van der Waals surface area contributed by atoms with Crippen molar-refractivity contribution in [1.82, 2.24) is 5.32 Å². The lowest BCUT2D eigenvalue weighted by Crippen LogP contribution is -2.41. The molecule has 162 valence electrons. The molecule has 2 aromatic carbocycles. The fourth-order valence-corrected chi connectivity index (χ4v) is 4.05. The van der Waals surface area contributed by atoms with Gasteiger partial charge in [-0.1, -0.05) is 18.2 Å². The molecule has 2 aromatic rings. The molecule has 2 N–H and O–H groups in total. The lowest BCUT2D eigenvalue weighted by molar-refractivity contribution is -0.384. The molecule has 1 unspecified atom stereocenters. The van der Waals surface area contributed by atoms with Gasteiger partial charge in [-0.2, -0.15) is 0 Å². The van der Waals surface area contributed by atoms with E-state index in [1.807, 2.05) is 24.0 Å². The number of nitrogens with one attached hydrogen (secondary N) is 2. The summed E-state index contributed by atoms with van der Waals surface area (Å²) in [7, 11) is 0. The number of nitro groups is 1. The Labute approximate surface area is 179 Å². The molecule has 1 saturated heterocycles. The van der Waals surface area contributed by atoms with E-state index >= 15 is 0 Å². The number of para-hydroxylation sites is 2. The minimum absolute atomic E-state index is 0.00345. The molecule has 1 fully saturated rings. The third-order valence-electron chi connectivity index (χ3n) is 5.78. The summed E-state index contributed by atoms with van der Waals surface area (Å²) in [5.74, 6) is 0.228. The SMILES string of the molecule is CC(NC(=O)C1CCN(c2ccccc2[N+](=O)[O-])CC1)c1ccc2c(c1)NC(=O)CO2. The molecule has 2 heterocycles. The van der Waals surface area contributed by atoms with Crippen LogP contribution >= 0.6 is 0 Å². The standard InChI is InChI=1S/C22H24N4O5/c1-14(16-6-7-20-17(12-16)24-21(27)13-31-20)23-22(28)15-8-10-25(11-9-15)18-4-2-3-5-19(18)26(29)30/h2-7,12,14-15H,8-11,13H2,1H3,(H,23,28)(H,24,27). The molecule has 2 aliphatic heterocycles. The van der Waals surface area contributed by atoms with Crippen molar-refractivity contribution in [2.75, 3.05) is 29.9 Å². The van der Waals surface area contributed by atoms with Gasteiger partial charge in [-0.15, -0.1) is 0 Å². The molecule has 9 heteroatoms. The van der Waals surface area contributed by atoms with E-state index in [9.17, 15) is 19.7 Å². The van der Waals surface area contributed by atoms with Crippen molar-refractivity contribution in [3.05, 3.63) is 58.1 Å². The molecule has 2 amide bonds. The second-order valence-electron chi connectivity index (χ2n) is 7.83. The monoisotopic (exact) mass is 424 g/mol. The van der Waals surface area contributed by atoms with Gasteiger partial charge in [0, 0.05) is 25.1 Å². The van der Waals surface area contributed by atoms with Gasteiger partial charge in [0.15, 0.2) is 6.61 Å². The molecule has 0 radical (unpaired) electrons. The van der Waals surface area contributed by atoms with Crippen LogP contribution in [0.1, 0.15) is 31.4 Å². The summed E-state index contributed by atoms with van der Waals surface area (Å²) in [6, 6.07) is 11.9. The van der Waals surface area contributed by atoms with Crippen molar-refractivity contribution < 1.29 is 19.2 Å². The molecule has 0 aromatic heterocycles. The summed E-state index contributed by atoms with van der Waals surface area (Å²) < 4.78 is 5.37. The first-order valence-electron chi connectivity index (χ1n) is 10.3. The Bertz CT molecular complexity index is 1020. The van der Waals surface area contributed by atoms with Gasteiger partial charge in [-0.25, -0.2) is 0 Å². The molecule has 1 atom stereocenters. The van der Waals surface area contributed by atoms with E-state index in [4.69, 9.17) is 4.74 Å². The summed E-state index contributed by atoms with van der Waals surface area (Å²) in [6.07, 6.45) is 1.25. The molecule has 0 spiro atoms. The average Bonchev–Trinajstić information content (AvgIpc) is 2.78. The van der Waals surface area contributed by atoms with Crippen LogP contribution in [-0.2, 0) is 9.59 Å². The van der Waals surface area contributed by atoms with Crippen molar-refractivity contribution in [2.45, 2.75) is 25.8 Å². The zero-order valence-electron chi connectivity index (χ0n) is 17.2. The van der Waals surface area contributed by atoms with Gasteiger partial charge >= 0.3 is 0 Å². The summed E-state index contributed by atoms with van der Waals surface area (Å²) >= 11 is 0. The van der Waals surface area contributed by atoms with Crippen LogP contribution in [0.3, 0.4) is 0 Å². The van der Waals surface area contributed by atoms with Crippen molar-refractivity contribution in [2.24, 2.45) is 5.92 Å². The highest BCUT2D eigenvalue weighted by Gasteiger charge is 2.29. The lowest BCUT2D eigenvalue weighted by Gasteiger charge is -2.33. The van der Waals surface area contributed by atoms with E-state index in [2.05, 4.69) is 10.6 Å². The Kier molecular flexibility index (Phi) is 5.75. The number of piperidine rings is 1. The molecular weight excluding hydrogens is 400 g/mol. The second-order valence-corrected chi connectivity index (χ2v) is 7.83. The van der Waals surface area contributed by atoms with E-state index < -0.39 is 0 Å². The van der Waals surface area contributed by atoms with Crippen molar-refractivity contribution in [3.8, 4) is 5.75 Å². The van der Waals surface area contributed by atoms with Crippen LogP contribution in [0.4, 0.5) is 17.1 Å². The van der Waals surface area contributed by atoms with Gasteiger partial charge in [0.2, 0.25) is 5.91 Å². The van der Waals surface area contributed by atoms with E-state index in [0.717, 1.165) is 5.56 Å². The molecule has 4 rings (SSSR count). The third kappa shape index (κ3) is 4.45. The number of benzene rings is 2. The summed E-state index contributed by atoms with van der Waals surface area (Å²) in [5, 5.41) is 17.1. The van der Waals surface area contributed by atoms with Crippen LogP contribution in [0.5, 0.6) is 5.75 Å². The van der Waals surface area contributed by atoms with Gasteiger partial charge < -0.3 is 20.3 Å². The predicted octanol–water partition coefficient (Wildman–Crippen LogP) is 3.02. The topological polar surface area (TPSA) is 114 Å². The van der Waals surface area contributed by atoms with Gasteiger partial charge in [-0.3, -0.25) is 19.7 Å². The first kappa shape index (κ1) is 20.6. The normalized spacial score (nSPS) is 17.2. The van der Waals surface area contributed by atoms with Crippen LogP contribution in [-0.4, -0.2) is 36.4 Å². The number of rotatable bonds is 5. The largest absolute Gasteiger partial charge is 0.482 e. The highest BCUT2D eigenvalue weighted by atomic mass is 16.6. The van der Waals surface area contributed by atoms with Gasteiger partial charge in [0.05, 0.1) is 16.7 Å². The van der Waals surface area contributed by atoms with E-state index in [1.54, 1.807) is 24.3 Å². The number of carbonyl (C=O) groups is 2. The minimum Gasteiger partial charge on any atom is -0.482 e. The number of amides is 2.